The highest BCUT2D eigenvalue weighted by molar-refractivity contribution is 5.49. The molecule has 312 valence electrons. The largest absolute Gasteiger partial charge is 0.399 e. The molecule has 2 atom stereocenters. The molecule has 2 nitrogen and oxygen atoms in total. The molecule has 2 heteroatoms. The van der Waals surface area contributed by atoms with Crippen molar-refractivity contribution in [1.29, 1.82) is 0 Å². The average molecular weight is 771 g/mol. The van der Waals surface area contributed by atoms with E-state index in [2.05, 4.69) is 113 Å². The Morgan fingerprint density at radius 2 is 0.684 bits per heavy atom. The smallest absolute Gasteiger partial charge is 0.0316 e. The van der Waals surface area contributed by atoms with Crippen molar-refractivity contribution < 1.29 is 0 Å². The van der Waals surface area contributed by atoms with Gasteiger partial charge in [0, 0.05) is 23.2 Å². The molecular weight excluding hydrogens is 689 g/mol. The van der Waals surface area contributed by atoms with E-state index in [1.54, 1.807) is 0 Å². The monoisotopic (exact) mass is 771 g/mol. The minimum absolute atomic E-state index is 0.441. The average Bonchev–Trinajstić information content (AvgIpc) is 3.21. The molecule has 0 saturated heterocycles. The fraction of sp³-hybridized carbons (Fsp3) is 0.564. The fourth-order valence-electron chi connectivity index (χ4n) is 9.17. The van der Waals surface area contributed by atoms with Gasteiger partial charge < -0.3 is 11.5 Å². The molecule has 0 saturated carbocycles. The van der Waals surface area contributed by atoms with Gasteiger partial charge in [0.1, 0.15) is 0 Å². The van der Waals surface area contributed by atoms with E-state index in [9.17, 15) is 0 Å². The maximum absolute atomic E-state index is 6.16. The Morgan fingerprint density at radius 3 is 1.02 bits per heavy atom. The SMILES string of the molecule is CCCCCCCCCCCC(c1ccc(CCCCCc2ccc(C(CCCCCCCCCCC)c3ccc(N)cc3C)cc2)cc1)c1ccc(N)cc1C. The first kappa shape index (κ1) is 46.2. The Balaban J connectivity index is 1.23. The van der Waals surface area contributed by atoms with Crippen molar-refractivity contribution in [2.24, 2.45) is 0 Å². The zero-order chi connectivity index (χ0) is 40.5. The van der Waals surface area contributed by atoms with Crippen LogP contribution >= 0.6 is 0 Å². The molecule has 2 unspecified atom stereocenters. The lowest BCUT2D eigenvalue weighted by Gasteiger charge is -2.21. The van der Waals surface area contributed by atoms with Crippen molar-refractivity contribution in [2.75, 3.05) is 11.5 Å². The Morgan fingerprint density at radius 1 is 0.368 bits per heavy atom. The van der Waals surface area contributed by atoms with Gasteiger partial charge in [0.25, 0.3) is 0 Å². The van der Waals surface area contributed by atoms with Gasteiger partial charge in [-0.1, -0.05) is 197 Å². The molecule has 0 heterocycles. The van der Waals surface area contributed by atoms with Gasteiger partial charge in [0.05, 0.1) is 0 Å². The van der Waals surface area contributed by atoms with Crippen LogP contribution in [0.25, 0.3) is 0 Å². The molecule has 0 aromatic heterocycles. The van der Waals surface area contributed by atoms with Crippen LogP contribution in [0.2, 0.25) is 0 Å². The maximum Gasteiger partial charge on any atom is 0.0316 e. The lowest BCUT2D eigenvalue weighted by molar-refractivity contribution is 0.545. The second-order valence-electron chi connectivity index (χ2n) is 17.6. The summed E-state index contributed by atoms with van der Waals surface area (Å²) < 4.78 is 0. The highest BCUT2D eigenvalue weighted by Crippen LogP contribution is 2.35. The topological polar surface area (TPSA) is 52.0 Å². The van der Waals surface area contributed by atoms with Crippen molar-refractivity contribution >= 4 is 11.4 Å². The Labute approximate surface area is 351 Å². The summed E-state index contributed by atoms with van der Waals surface area (Å²) in [7, 11) is 0. The summed E-state index contributed by atoms with van der Waals surface area (Å²) >= 11 is 0. The van der Waals surface area contributed by atoms with Gasteiger partial charge >= 0.3 is 0 Å². The molecule has 0 spiro atoms. The first-order valence-corrected chi connectivity index (χ1v) is 23.8. The number of hydrogen-bond donors (Lipinski definition) is 2. The predicted octanol–water partition coefficient (Wildman–Crippen LogP) is 16.5. The fourth-order valence-corrected chi connectivity index (χ4v) is 9.17. The molecule has 0 bridgehead atoms. The van der Waals surface area contributed by atoms with E-state index in [4.69, 9.17) is 11.5 Å². The van der Waals surface area contributed by atoms with E-state index in [1.165, 1.54) is 192 Å². The van der Waals surface area contributed by atoms with E-state index in [1.807, 2.05) is 0 Å². The van der Waals surface area contributed by atoms with Crippen molar-refractivity contribution in [1.82, 2.24) is 0 Å². The van der Waals surface area contributed by atoms with E-state index in [0.717, 1.165) is 24.2 Å². The number of anilines is 2. The van der Waals surface area contributed by atoms with Crippen LogP contribution in [-0.4, -0.2) is 0 Å². The van der Waals surface area contributed by atoms with Crippen LogP contribution in [0, 0.1) is 13.8 Å². The van der Waals surface area contributed by atoms with Crippen LogP contribution in [0.5, 0.6) is 0 Å². The third-order valence-corrected chi connectivity index (χ3v) is 12.7. The van der Waals surface area contributed by atoms with E-state index >= 15 is 0 Å². The summed E-state index contributed by atoms with van der Waals surface area (Å²) in [6.45, 7) is 9.06. The van der Waals surface area contributed by atoms with Crippen LogP contribution in [-0.2, 0) is 12.8 Å². The van der Waals surface area contributed by atoms with Gasteiger partial charge in [-0.15, -0.1) is 0 Å². The number of nitrogen functional groups attached to an aromatic ring is 2. The van der Waals surface area contributed by atoms with Crippen LogP contribution < -0.4 is 11.5 Å². The van der Waals surface area contributed by atoms with Crippen molar-refractivity contribution in [3.05, 3.63) is 129 Å². The first-order chi connectivity index (χ1) is 27.9. The van der Waals surface area contributed by atoms with Gasteiger partial charge in [0.2, 0.25) is 0 Å². The van der Waals surface area contributed by atoms with Gasteiger partial charge in [-0.05, 0) is 121 Å². The number of nitrogens with two attached hydrogens (primary N) is 2. The highest BCUT2D eigenvalue weighted by atomic mass is 14.5. The van der Waals surface area contributed by atoms with E-state index in [-0.39, 0.29) is 0 Å². The zero-order valence-electron chi connectivity index (χ0n) is 37.1. The molecular formula is C55H82N2. The summed E-state index contributed by atoms with van der Waals surface area (Å²) in [5, 5.41) is 0. The second-order valence-corrected chi connectivity index (χ2v) is 17.6. The van der Waals surface area contributed by atoms with Crippen molar-refractivity contribution in [3.63, 3.8) is 0 Å². The number of aryl methyl sites for hydroxylation is 4. The molecule has 4 aromatic rings. The minimum atomic E-state index is 0.441. The zero-order valence-corrected chi connectivity index (χ0v) is 37.1. The normalized spacial score (nSPS) is 12.6. The Bertz CT molecular complexity index is 1510. The standard InChI is InChI=1S/C55H82N2/c1-5-7-9-11-13-15-17-19-24-28-54(52-40-38-50(56)42-44(52)3)48-34-30-46(31-35-48)26-22-21-23-27-47-32-36-49(37-33-47)55(53-41-39-51(57)43-45(53)4)29-25-20-18-16-14-12-10-8-6-2/h30-43,54-55H,5-29,56-57H2,1-4H3. The molecule has 0 aliphatic heterocycles. The number of benzene rings is 4. The molecule has 0 amide bonds. The molecule has 4 N–H and O–H groups in total. The van der Waals surface area contributed by atoms with Gasteiger partial charge in [-0.25, -0.2) is 0 Å². The van der Waals surface area contributed by atoms with Gasteiger partial charge in [-0.3, -0.25) is 0 Å². The molecule has 4 aromatic carbocycles. The van der Waals surface area contributed by atoms with Crippen molar-refractivity contribution in [2.45, 2.75) is 200 Å². The van der Waals surface area contributed by atoms with Crippen LogP contribution in [0.1, 0.15) is 218 Å². The first-order valence-electron chi connectivity index (χ1n) is 23.8. The predicted molar refractivity (Wildman–Crippen MR) is 253 cm³/mol. The highest BCUT2D eigenvalue weighted by Gasteiger charge is 2.18. The molecule has 57 heavy (non-hydrogen) atoms. The third kappa shape index (κ3) is 17.1. The van der Waals surface area contributed by atoms with E-state index < -0.39 is 0 Å². The molecule has 0 radical (unpaired) electrons. The summed E-state index contributed by atoms with van der Waals surface area (Å²) in [6, 6.07) is 32.3. The quantitative estimate of drug-likeness (QED) is 0.0410. The molecule has 0 aliphatic carbocycles. The Hall–Kier alpha value is -3.52. The van der Waals surface area contributed by atoms with Gasteiger partial charge in [-0.2, -0.15) is 0 Å². The summed E-state index contributed by atoms with van der Waals surface area (Å²) in [4.78, 5) is 0. The third-order valence-electron chi connectivity index (χ3n) is 12.7. The van der Waals surface area contributed by atoms with E-state index in [0.29, 0.717) is 11.8 Å². The summed E-state index contributed by atoms with van der Waals surface area (Å²) in [5.41, 5.74) is 25.4. The maximum atomic E-state index is 6.16. The van der Waals surface area contributed by atoms with Crippen LogP contribution in [0.15, 0.2) is 84.9 Å². The van der Waals surface area contributed by atoms with Gasteiger partial charge in [0.15, 0.2) is 0 Å². The van der Waals surface area contributed by atoms with Crippen LogP contribution in [0.3, 0.4) is 0 Å². The number of unbranched alkanes of at least 4 members (excludes halogenated alkanes) is 18. The van der Waals surface area contributed by atoms with Crippen LogP contribution in [0.4, 0.5) is 11.4 Å². The second kappa shape index (κ2) is 27.2. The molecule has 4 rings (SSSR count). The lowest BCUT2D eigenvalue weighted by atomic mass is 9.84. The summed E-state index contributed by atoms with van der Waals surface area (Å²) in [5.74, 6) is 0.882. The molecule has 0 aliphatic rings. The number of hydrogen-bond acceptors (Lipinski definition) is 2. The number of rotatable bonds is 30. The molecule has 0 fully saturated rings. The van der Waals surface area contributed by atoms with Crippen molar-refractivity contribution in [3.8, 4) is 0 Å². The summed E-state index contributed by atoms with van der Waals surface area (Å²) in [6.07, 6.45) is 33.1. The Kier molecular flexibility index (Phi) is 22.1. The minimum Gasteiger partial charge on any atom is -0.399 e. The lowest BCUT2D eigenvalue weighted by Crippen LogP contribution is -2.05.